The largest absolute Gasteiger partial charge is 0.466 e. The molecule has 0 N–H and O–H groups in total. The van der Waals surface area contributed by atoms with E-state index in [1.807, 2.05) is 13.0 Å². The highest BCUT2D eigenvalue weighted by Gasteiger charge is 2.23. The first-order valence-electron chi connectivity index (χ1n) is 6.61. The monoisotopic (exact) mass is 290 g/mol. The molecule has 1 fully saturated rings. The molecule has 0 saturated heterocycles. The molecule has 0 atom stereocenters. The Morgan fingerprint density at radius 2 is 2.00 bits per heavy atom. The van der Waals surface area contributed by atoms with Crippen LogP contribution in [0.2, 0.25) is 0 Å². The second-order valence-corrected chi connectivity index (χ2v) is 6.35. The van der Waals surface area contributed by atoms with E-state index in [1.165, 1.54) is 5.57 Å². The van der Waals surface area contributed by atoms with Gasteiger partial charge in [-0.05, 0) is 39.0 Å². The first-order valence-corrected chi connectivity index (χ1v) is 8.43. The zero-order valence-electron chi connectivity index (χ0n) is 11.6. The van der Waals surface area contributed by atoms with Crippen LogP contribution in [-0.4, -0.2) is 33.9 Å². The molecular formula is C13H22O5S. The lowest BCUT2D eigenvalue weighted by atomic mass is 9.85. The molecule has 5 nitrogen and oxygen atoms in total. The molecule has 1 saturated carbocycles. The van der Waals surface area contributed by atoms with Crippen LogP contribution in [0.25, 0.3) is 0 Å². The van der Waals surface area contributed by atoms with Crippen molar-refractivity contribution in [3.63, 3.8) is 0 Å². The average molecular weight is 290 g/mol. The summed E-state index contributed by atoms with van der Waals surface area (Å²) in [5.41, 5.74) is 1.28. The van der Waals surface area contributed by atoms with Gasteiger partial charge in [-0.1, -0.05) is 11.6 Å². The minimum absolute atomic E-state index is 0.0179. The summed E-state index contributed by atoms with van der Waals surface area (Å²) in [6.07, 6.45) is 7.05. The van der Waals surface area contributed by atoms with Gasteiger partial charge in [0.25, 0.3) is 10.1 Å². The molecule has 0 unspecified atom stereocenters. The number of esters is 1. The average Bonchev–Trinajstić information content (AvgIpc) is 2.34. The fourth-order valence-corrected chi connectivity index (χ4v) is 2.55. The summed E-state index contributed by atoms with van der Waals surface area (Å²) in [5.74, 6) is -0.0775. The second-order valence-electron chi connectivity index (χ2n) is 4.70. The topological polar surface area (TPSA) is 69.7 Å². The summed E-state index contributed by atoms with van der Waals surface area (Å²) in [6.45, 7) is 2.43. The maximum absolute atomic E-state index is 11.5. The summed E-state index contributed by atoms with van der Waals surface area (Å²) in [5, 5.41) is 0. The Morgan fingerprint density at radius 3 is 2.53 bits per heavy atom. The Balaban J connectivity index is 2.27. The molecule has 6 heteroatoms. The fourth-order valence-electron chi connectivity index (χ4n) is 2.15. The summed E-state index contributed by atoms with van der Waals surface area (Å²) in [7, 11) is -3.34. The zero-order chi connectivity index (χ0) is 14.3. The third kappa shape index (κ3) is 6.73. The number of ether oxygens (including phenoxy) is 1. The highest BCUT2D eigenvalue weighted by atomic mass is 32.2. The van der Waals surface area contributed by atoms with Crippen molar-refractivity contribution >= 4 is 16.1 Å². The molecule has 0 aliphatic heterocycles. The van der Waals surface area contributed by atoms with E-state index in [0.29, 0.717) is 13.0 Å². The number of allylic oxidation sites excluding steroid dienone is 1. The molecule has 19 heavy (non-hydrogen) atoms. The summed E-state index contributed by atoms with van der Waals surface area (Å²) >= 11 is 0. The van der Waals surface area contributed by atoms with Gasteiger partial charge in [0.15, 0.2) is 0 Å². The first-order chi connectivity index (χ1) is 8.92. The minimum atomic E-state index is -3.34. The van der Waals surface area contributed by atoms with Crippen LogP contribution >= 0.6 is 0 Å². The van der Waals surface area contributed by atoms with Gasteiger partial charge in [0.2, 0.25) is 0 Å². The summed E-state index contributed by atoms with van der Waals surface area (Å²) in [6, 6.07) is 0. The Kier molecular flexibility index (Phi) is 6.51. The van der Waals surface area contributed by atoms with Crippen LogP contribution < -0.4 is 0 Å². The van der Waals surface area contributed by atoms with Crippen molar-refractivity contribution in [1.29, 1.82) is 0 Å². The predicted octanol–water partition coefficient (Wildman–Crippen LogP) is 2.03. The van der Waals surface area contributed by atoms with Gasteiger partial charge in [0.05, 0.1) is 25.4 Å². The summed E-state index contributed by atoms with van der Waals surface area (Å²) in [4.78, 5) is 11.5. The highest BCUT2D eigenvalue weighted by molar-refractivity contribution is 7.85. The Bertz CT molecular complexity index is 414. The SMILES string of the molecule is CCOC(=O)C1CCC(=CCCOS(C)(=O)=O)CC1. The first kappa shape index (κ1) is 16.2. The van der Waals surface area contributed by atoms with Crippen molar-refractivity contribution in [2.75, 3.05) is 19.5 Å². The lowest BCUT2D eigenvalue weighted by Crippen LogP contribution is -2.21. The minimum Gasteiger partial charge on any atom is -0.466 e. The molecule has 0 amide bonds. The molecule has 0 aromatic heterocycles. The standard InChI is InChI=1S/C13H22O5S/c1-3-17-13(14)12-8-6-11(7-9-12)5-4-10-18-19(2,15)16/h5,12H,3-4,6-10H2,1-2H3. The smallest absolute Gasteiger partial charge is 0.308 e. The van der Waals surface area contributed by atoms with E-state index in [2.05, 4.69) is 4.18 Å². The van der Waals surface area contributed by atoms with Gasteiger partial charge < -0.3 is 4.74 Å². The third-order valence-electron chi connectivity index (χ3n) is 3.10. The highest BCUT2D eigenvalue weighted by Crippen LogP contribution is 2.29. The Morgan fingerprint density at radius 1 is 1.37 bits per heavy atom. The van der Waals surface area contributed by atoms with E-state index >= 15 is 0 Å². The van der Waals surface area contributed by atoms with Gasteiger partial charge in [-0.25, -0.2) is 0 Å². The maximum Gasteiger partial charge on any atom is 0.308 e. The zero-order valence-corrected chi connectivity index (χ0v) is 12.4. The van der Waals surface area contributed by atoms with Crippen LogP contribution in [0.5, 0.6) is 0 Å². The molecule has 0 spiro atoms. The van der Waals surface area contributed by atoms with Crippen LogP contribution in [0.3, 0.4) is 0 Å². The van der Waals surface area contributed by atoms with Crippen LogP contribution in [-0.2, 0) is 23.8 Å². The molecule has 0 aromatic rings. The lowest BCUT2D eigenvalue weighted by molar-refractivity contribution is -0.148. The number of carbonyl (C=O) groups is 1. The van der Waals surface area contributed by atoms with Gasteiger partial charge in [0, 0.05) is 0 Å². The molecular weight excluding hydrogens is 268 g/mol. The van der Waals surface area contributed by atoms with Gasteiger partial charge in [-0.2, -0.15) is 8.42 Å². The summed E-state index contributed by atoms with van der Waals surface area (Å²) < 4.78 is 31.2. The Labute approximate surface area is 115 Å². The molecule has 1 rings (SSSR count). The molecule has 0 aromatic carbocycles. The Hall–Kier alpha value is -0.880. The molecule has 0 bridgehead atoms. The van der Waals surface area contributed by atoms with Gasteiger partial charge >= 0.3 is 5.97 Å². The van der Waals surface area contributed by atoms with E-state index in [9.17, 15) is 13.2 Å². The van der Waals surface area contributed by atoms with Crippen molar-refractivity contribution in [2.24, 2.45) is 5.92 Å². The number of carbonyl (C=O) groups excluding carboxylic acids is 1. The molecule has 1 aliphatic rings. The van der Waals surface area contributed by atoms with Crippen molar-refractivity contribution < 1.29 is 22.1 Å². The van der Waals surface area contributed by atoms with Crippen molar-refractivity contribution in [3.05, 3.63) is 11.6 Å². The van der Waals surface area contributed by atoms with Crippen molar-refractivity contribution in [1.82, 2.24) is 0 Å². The number of rotatable bonds is 6. The number of hydrogen-bond donors (Lipinski definition) is 0. The fraction of sp³-hybridized carbons (Fsp3) is 0.769. The van der Waals surface area contributed by atoms with Crippen LogP contribution in [0.15, 0.2) is 11.6 Å². The molecule has 0 heterocycles. The van der Waals surface area contributed by atoms with Crippen LogP contribution in [0, 0.1) is 5.92 Å². The van der Waals surface area contributed by atoms with Gasteiger partial charge in [-0.3, -0.25) is 8.98 Å². The third-order valence-corrected chi connectivity index (χ3v) is 3.69. The van der Waals surface area contributed by atoms with Crippen molar-refractivity contribution in [3.8, 4) is 0 Å². The van der Waals surface area contributed by atoms with E-state index in [0.717, 1.165) is 31.9 Å². The van der Waals surface area contributed by atoms with Crippen LogP contribution in [0.1, 0.15) is 39.0 Å². The molecule has 0 radical (unpaired) electrons. The normalized spacial score (nSPS) is 20.1. The van der Waals surface area contributed by atoms with E-state index in [4.69, 9.17) is 4.74 Å². The van der Waals surface area contributed by atoms with E-state index < -0.39 is 10.1 Å². The number of hydrogen-bond acceptors (Lipinski definition) is 5. The predicted molar refractivity (Wildman–Crippen MR) is 72.1 cm³/mol. The van der Waals surface area contributed by atoms with Gasteiger partial charge in [-0.15, -0.1) is 0 Å². The maximum atomic E-state index is 11.5. The lowest BCUT2D eigenvalue weighted by Gasteiger charge is -2.22. The second kappa shape index (κ2) is 7.65. The van der Waals surface area contributed by atoms with E-state index in [1.54, 1.807) is 0 Å². The van der Waals surface area contributed by atoms with E-state index in [-0.39, 0.29) is 18.5 Å². The quantitative estimate of drug-likeness (QED) is 0.324. The van der Waals surface area contributed by atoms with Gasteiger partial charge in [0.1, 0.15) is 0 Å². The van der Waals surface area contributed by atoms with Crippen molar-refractivity contribution in [2.45, 2.75) is 39.0 Å². The molecule has 1 aliphatic carbocycles. The molecule has 110 valence electrons. The van der Waals surface area contributed by atoms with Crippen LogP contribution in [0.4, 0.5) is 0 Å².